The second-order valence-corrected chi connectivity index (χ2v) is 6.40. The van der Waals surface area contributed by atoms with Gasteiger partial charge in [-0.3, -0.25) is 4.79 Å². The molecule has 4 rings (SSSR count). The molecule has 1 N–H and O–H groups in total. The number of rotatable bonds is 2. The number of terminal acetylenes is 1. The lowest BCUT2D eigenvalue weighted by Gasteiger charge is -2.30. The highest BCUT2D eigenvalue weighted by atomic mass is 16.1. The first-order valence-electron chi connectivity index (χ1n) is 7.83. The van der Waals surface area contributed by atoms with Crippen molar-refractivity contribution < 1.29 is 4.79 Å². The smallest absolute Gasteiger partial charge is 0.251 e. The van der Waals surface area contributed by atoms with Gasteiger partial charge in [0.25, 0.3) is 5.91 Å². The van der Waals surface area contributed by atoms with Crippen LogP contribution in [0.15, 0.2) is 30.6 Å². The lowest BCUT2D eigenvalue weighted by atomic mass is 9.96. The number of pyridine rings is 1. The number of hydrogen-bond acceptors (Lipinski definition) is 2. The van der Waals surface area contributed by atoms with Crippen LogP contribution < -0.4 is 5.32 Å². The number of amides is 1. The van der Waals surface area contributed by atoms with Crippen LogP contribution in [0.1, 0.15) is 28.8 Å². The molecule has 0 aromatic carbocycles. The highest BCUT2D eigenvalue weighted by Gasteiger charge is 2.32. The van der Waals surface area contributed by atoms with Crippen molar-refractivity contribution in [2.75, 3.05) is 19.6 Å². The van der Waals surface area contributed by atoms with E-state index < -0.39 is 0 Å². The van der Waals surface area contributed by atoms with Crippen molar-refractivity contribution >= 4 is 11.4 Å². The Morgan fingerprint density at radius 1 is 1.32 bits per heavy atom. The molecule has 2 saturated heterocycles. The average molecular weight is 293 g/mol. The molecule has 3 unspecified atom stereocenters. The van der Waals surface area contributed by atoms with Crippen LogP contribution in [0.3, 0.4) is 0 Å². The molecular weight excluding hydrogens is 274 g/mol. The molecule has 2 fully saturated rings. The van der Waals surface area contributed by atoms with Gasteiger partial charge in [0.1, 0.15) is 0 Å². The summed E-state index contributed by atoms with van der Waals surface area (Å²) in [4.78, 5) is 15.0. The predicted octanol–water partition coefficient (Wildman–Crippen LogP) is 1.74. The Balaban J connectivity index is 1.54. The van der Waals surface area contributed by atoms with Gasteiger partial charge in [-0.2, -0.15) is 0 Å². The quantitative estimate of drug-likeness (QED) is 0.856. The van der Waals surface area contributed by atoms with Gasteiger partial charge in [-0.1, -0.05) is 5.92 Å². The van der Waals surface area contributed by atoms with Crippen molar-refractivity contribution in [3.63, 3.8) is 0 Å². The molecule has 22 heavy (non-hydrogen) atoms. The molecular formula is C18H19N3O. The van der Waals surface area contributed by atoms with E-state index in [9.17, 15) is 4.79 Å². The highest BCUT2D eigenvalue weighted by molar-refractivity contribution is 5.95. The molecule has 2 aromatic rings. The molecule has 4 heteroatoms. The van der Waals surface area contributed by atoms with Crippen LogP contribution in [-0.4, -0.2) is 40.9 Å². The van der Waals surface area contributed by atoms with E-state index in [1.807, 2.05) is 35.0 Å². The number of fused-ring (bicyclic) bond motifs is 3. The van der Waals surface area contributed by atoms with E-state index in [2.05, 4.69) is 16.1 Å². The molecule has 2 bridgehead atoms. The molecule has 0 radical (unpaired) electrons. The van der Waals surface area contributed by atoms with E-state index in [0.717, 1.165) is 30.0 Å². The minimum atomic E-state index is -0.000767. The standard InChI is InChI=1S/C18H19N3O/c1-2-14-4-7-21-8-5-15(10-17(14)21)18(22)19-16-9-13-3-6-20(11-13)12-16/h1,4-5,7-8,10,13,16H,3,6,9,11-12H2,(H,19,22). The predicted molar refractivity (Wildman–Crippen MR) is 85.8 cm³/mol. The maximum Gasteiger partial charge on any atom is 0.251 e. The second-order valence-electron chi connectivity index (χ2n) is 6.40. The number of aromatic nitrogens is 1. The van der Waals surface area contributed by atoms with Crippen LogP contribution in [0.5, 0.6) is 0 Å². The van der Waals surface area contributed by atoms with Crippen molar-refractivity contribution in [1.82, 2.24) is 14.6 Å². The summed E-state index contributed by atoms with van der Waals surface area (Å²) in [7, 11) is 0. The maximum absolute atomic E-state index is 12.5. The summed E-state index contributed by atoms with van der Waals surface area (Å²) in [6, 6.07) is 5.88. The van der Waals surface area contributed by atoms with Crippen LogP contribution in [-0.2, 0) is 0 Å². The third-order valence-corrected chi connectivity index (χ3v) is 4.88. The SMILES string of the molecule is C#Cc1ccn2ccc(C(=O)NC3CC4CCN(C4)C3)cc12. The lowest BCUT2D eigenvalue weighted by Crippen LogP contribution is -2.47. The van der Waals surface area contributed by atoms with Crippen LogP contribution in [0.25, 0.3) is 5.52 Å². The average Bonchev–Trinajstić information content (AvgIpc) is 3.09. The number of hydrogen-bond donors (Lipinski definition) is 1. The van der Waals surface area contributed by atoms with Crippen molar-refractivity contribution in [2.45, 2.75) is 18.9 Å². The molecule has 2 aromatic heterocycles. The number of nitrogens with zero attached hydrogens (tertiary/aromatic N) is 2. The first-order chi connectivity index (χ1) is 10.7. The fourth-order valence-electron chi connectivity index (χ4n) is 3.79. The van der Waals surface area contributed by atoms with E-state index in [-0.39, 0.29) is 11.9 Å². The largest absolute Gasteiger partial charge is 0.348 e. The molecule has 112 valence electrons. The Morgan fingerprint density at radius 2 is 2.18 bits per heavy atom. The van der Waals surface area contributed by atoms with Gasteiger partial charge >= 0.3 is 0 Å². The van der Waals surface area contributed by atoms with Crippen molar-refractivity contribution in [3.8, 4) is 12.3 Å². The number of carbonyl (C=O) groups is 1. The monoisotopic (exact) mass is 293 g/mol. The molecule has 4 heterocycles. The minimum absolute atomic E-state index is 0.000767. The third-order valence-electron chi connectivity index (χ3n) is 4.88. The van der Waals surface area contributed by atoms with Crippen LogP contribution in [0.4, 0.5) is 0 Å². The molecule has 0 saturated carbocycles. The topological polar surface area (TPSA) is 36.8 Å². The normalized spacial score (nSPS) is 26.8. The second kappa shape index (κ2) is 5.19. The highest BCUT2D eigenvalue weighted by Crippen LogP contribution is 2.26. The Bertz CT molecular complexity index is 758. The van der Waals surface area contributed by atoms with Crippen LogP contribution >= 0.6 is 0 Å². The van der Waals surface area contributed by atoms with E-state index in [4.69, 9.17) is 6.42 Å². The summed E-state index contributed by atoms with van der Waals surface area (Å²) in [5, 5.41) is 3.19. The zero-order valence-corrected chi connectivity index (χ0v) is 12.5. The summed E-state index contributed by atoms with van der Waals surface area (Å²) in [5.74, 6) is 3.41. The molecule has 2 aliphatic rings. The van der Waals surface area contributed by atoms with Crippen LogP contribution in [0, 0.1) is 18.3 Å². The fraction of sp³-hybridized carbons (Fsp3) is 0.389. The third kappa shape index (κ3) is 2.28. The first-order valence-corrected chi connectivity index (χ1v) is 7.83. The summed E-state index contributed by atoms with van der Waals surface area (Å²) in [5.41, 5.74) is 2.40. The summed E-state index contributed by atoms with van der Waals surface area (Å²) in [6.07, 6.45) is 11.7. The van der Waals surface area contributed by atoms with Gasteiger partial charge in [-0.15, -0.1) is 6.42 Å². The minimum Gasteiger partial charge on any atom is -0.348 e. The molecule has 3 atom stereocenters. The Morgan fingerprint density at radius 3 is 3.00 bits per heavy atom. The van der Waals surface area contributed by atoms with Gasteiger partial charge in [-0.05, 0) is 43.5 Å². The fourth-order valence-corrected chi connectivity index (χ4v) is 3.79. The maximum atomic E-state index is 12.5. The van der Waals surface area contributed by atoms with Gasteiger partial charge in [0.2, 0.25) is 0 Å². The van der Waals surface area contributed by atoms with Crippen molar-refractivity contribution in [1.29, 1.82) is 0 Å². The first kappa shape index (κ1) is 13.4. The van der Waals surface area contributed by atoms with E-state index >= 15 is 0 Å². The molecule has 4 nitrogen and oxygen atoms in total. The Hall–Kier alpha value is -2.25. The van der Waals surface area contributed by atoms with E-state index in [0.29, 0.717) is 5.56 Å². The summed E-state index contributed by atoms with van der Waals surface area (Å²) in [6.45, 7) is 3.36. The number of piperidine rings is 1. The summed E-state index contributed by atoms with van der Waals surface area (Å²) >= 11 is 0. The molecule has 2 aliphatic heterocycles. The Labute approximate surface area is 130 Å². The molecule has 1 amide bonds. The number of nitrogens with one attached hydrogen (secondary N) is 1. The lowest BCUT2D eigenvalue weighted by molar-refractivity contribution is 0.0909. The van der Waals surface area contributed by atoms with Gasteiger partial charge in [0.05, 0.1) is 5.52 Å². The van der Waals surface area contributed by atoms with Gasteiger partial charge in [0.15, 0.2) is 0 Å². The van der Waals surface area contributed by atoms with Gasteiger partial charge in [0, 0.05) is 42.7 Å². The van der Waals surface area contributed by atoms with E-state index in [1.54, 1.807) is 0 Å². The van der Waals surface area contributed by atoms with Crippen molar-refractivity contribution in [3.05, 3.63) is 41.7 Å². The zero-order valence-electron chi connectivity index (χ0n) is 12.5. The van der Waals surface area contributed by atoms with Crippen molar-refractivity contribution in [2.24, 2.45) is 5.92 Å². The molecule has 0 spiro atoms. The van der Waals surface area contributed by atoms with Gasteiger partial charge < -0.3 is 14.6 Å². The zero-order chi connectivity index (χ0) is 15.1. The Kier molecular flexibility index (Phi) is 3.16. The van der Waals surface area contributed by atoms with Gasteiger partial charge in [-0.25, -0.2) is 0 Å². The van der Waals surface area contributed by atoms with E-state index in [1.165, 1.54) is 19.5 Å². The summed E-state index contributed by atoms with van der Waals surface area (Å²) < 4.78 is 1.94. The molecule has 0 aliphatic carbocycles. The van der Waals surface area contributed by atoms with Crippen LogP contribution in [0.2, 0.25) is 0 Å². The number of carbonyl (C=O) groups excluding carboxylic acids is 1.